The molecule has 4 rings (SSSR count). The van der Waals surface area contributed by atoms with Crippen LogP contribution in [-0.2, 0) is 9.59 Å². The first-order valence-electron chi connectivity index (χ1n) is 8.26. The van der Waals surface area contributed by atoms with Gasteiger partial charge in [0.1, 0.15) is 11.4 Å². The number of allylic oxidation sites excluding steroid dienone is 1. The Labute approximate surface area is 148 Å². The lowest BCUT2D eigenvalue weighted by Crippen LogP contribution is -2.39. The molecule has 3 aliphatic heterocycles. The van der Waals surface area contributed by atoms with Gasteiger partial charge in [0.15, 0.2) is 12.4 Å². The van der Waals surface area contributed by atoms with E-state index in [0.717, 1.165) is 17.4 Å². The lowest BCUT2D eigenvalue weighted by atomic mass is 10.1. The maximum atomic E-state index is 14.7. The second-order valence-electron chi connectivity index (χ2n) is 6.16. The highest BCUT2D eigenvalue weighted by molar-refractivity contribution is 6.27. The molecule has 3 aliphatic rings. The van der Waals surface area contributed by atoms with Crippen LogP contribution in [0.5, 0.6) is 5.75 Å². The SMILES string of the molecule is C=CCN1C(=O)COc2cc(F)c(N3C(=O)C4=CCCCN4C3=O)cc21. The predicted molar refractivity (Wildman–Crippen MR) is 91.4 cm³/mol. The van der Waals surface area contributed by atoms with Crippen molar-refractivity contribution in [3.05, 3.63) is 42.4 Å². The summed E-state index contributed by atoms with van der Waals surface area (Å²) < 4.78 is 20.0. The van der Waals surface area contributed by atoms with Gasteiger partial charge in [-0.2, -0.15) is 0 Å². The van der Waals surface area contributed by atoms with E-state index in [1.807, 2.05) is 0 Å². The van der Waals surface area contributed by atoms with Crippen LogP contribution in [0, 0.1) is 5.82 Å². The van der Waals surface area contributed by atoms with Gasteiger partial charge < -0.3 is 9.64 Å². The number of halogens is 1. The van der Waals surface area contributed by atoms with Crippen molar-refractivity contribution in [3.63, 3.8) is 0 Å². The fraction of sp³-hybridized carbons (Fsp3) is 0.278. The van der Waals surface area contributed by atoms with Gasteiger partial charge in [0, 0.05) is 19.2 Å². The van der Waals surface area contributed by atoms with E-state index in [4.69, 9.17) is 4.74 Å². The number of ether oxygens (including phenoxy) is 1. The lowest BCUT2D eigenvalue weighted by molar-refractivity contribution is -0.121. The highest BCUT2D eigenvalue weighted by Crippen LogP contribution is 2.40. The number of rotatable bonds is 3. The highest BCUT2D eigenvalue weighted by Gasteiger charge is 2.44. The number of carbonyl (C=O) groups is 3. The summed E-state index contributed by atoms with van der Waals surface area (Å²) in [6.45, 7) is 4.03. The molecule has 1 aromatic rings. The number of urea groups is 1. The molecular weight excluding hydrogens is 341 g/mol. The van der Waals surface area contributed by atoms with Crippen molar-refractivity contribution >= 4 is 29.2 Å². The number of imide groups is 1. The predicted octanol–water partition coefficient (Wildman–Crippen LogP) is 2.18. The summed E-state index contributed by atoms with van der Waals surface area (Å²) in [6.07, 6.45) is 4.67. The molecule has 1 aromatic carbocycles. The minimum atomic E-state index is -0.765. The summed E-state index contributed by atoms with van der Waals surface area (Å²) in [5.74, 6) is -1.46. The molecule has 3 heterocycles. The minimum absolute atomic E-state index is 0.184. The van der Waals surface area contributed by atoms with Gasteiger partial charge in [0.25, 0.3) is 11.8 Å². The van der Waals surface area contributed by atoms with E-state index < -0.39 is 17.8 Å². The van der Waals surface area contributed by atoms with Crippen LogP contribution in [0.2, 0.25) is 0 Å². The van der Waals surface area contributed by atoms with Crippen LogP contribution >= 0.6 is 0 Å². The molecule has 0 saturated carbocycles. The molecule has 26 heavy (non-hydrogen) atoms. The van der Waals surface area contributed by atoms with Crippen LogP contribution in [-0.4, -0.2) is 42.4 Å². The molecule has 0 aromatic heterocycles. The zero-order valence-corrected chi connectivity index (χ0v) is 13.9. The van der Waals surface area contributed by atoms with E-state index in [2.05, 4.69) is 6.58 Å². The zero-order valence-electron chi connectivity index (χ0n) is 13.9. The smallest absolute Gasteiger partial charge is 0.336 e. The molecule has 4 amide bonds. The first-order valence-corrected chi connectivity index (χ1v) is 8.26. The van der Waals surface area contributed by atoms with Crippen LogP contribution in [0.1, 0.15) is 12.8 Å². The van der Waals surface area contributed by atoms with Gasteiger partial charge in [-0.05, 0) is 18.9 Å². The fourth-order valence-corrected chi connectivity index (χ4v) is 3.37. The third-order valence-electron chi connectivity index (χ3n) is 4.58. The molecule has 0 N–H and O–H groups in total. The van der Waals surface area contributed by atoms with Gasteiger partial charge >= 0.3 is 6.03 Å². The van der Waals surface area contributed by atoms with Crippen LogP contribution in [0.3, 0.4) is 0 Å². The number of nitrogens with zero attached hydrogens (tertiary/aromatic N) is 3. The molecule has 7 nitrogen and oxygen atoms in total. The Morgan fingerprint density at radius 3 is 2.77 bits per heavy atom. The Bertz CT molecular complexity index is 879. The Kier molecular flexibility index (Phi) is 3.75. The third kappa shape index (κ3) is 2.29. The number of carbonyl (C=O) groups excluding carboxylic acids is 3. The van der Waals surface area contributed by atoms with E-state index in [1.165, 1.54) is 21.9 Å². The van der Waals surface area contributed by atoms with E-state index in [-0.39, 0.29) is 36.2 Å². The Morgan fingerprint density at radius 2 is 2.04 bits per heavy atom. The molecule has 0 unspecified atom stereocenters. The van der Waals surface area contributed by atoms with Crippen molar-refractivity contribution in [2.45, 2.75) is 12.8 Å². The highest BCUT2D eigenvalue weighted by atomic mass is 19.1. The number of amides is 4. The molecule has 134 valence electrons. The van der Waals surface area contributed by atoms with Gasteiger partial charge in [-0.15, -0.1) is 6.58 Å². The average Bonchev–Trinajstić information content (AvgIpc) is 2.89. The van der Waals surface area contributed by atoms with E-state index >= 15 is 0 Å². The fourth-order valence-electron chi connectivity index (χ4n) is 3.37. The maximum absolute atomic E-state index is 14.7. The van der Waals surface area contributed by atoms with Crippen molar-refractivity contribution in [1.82, 2.24) is 4.90 Å². The van der Waals surface area contributed by atoms with E-state index in [1.54, 1.807) is 6.08 Å². The summed E-state index contributed by atoms with van der Waals surface area (Å²) >= 11 is 0. The zero-order chi connectivity index (χ0) is 18.4. The van der Waals surface area contributed by atoms with Gasteiger partial charge in [0.05, 0.1) is 11.4 Å². The summed E-state index contributed by atoms with van der Waals surface area (Å²) in [5, 5.41) is 0. The van der Waals surface area contributed by atoms with Gasteiger partial charge in [-0.1, -0.05) is 12.2 Å². The molecule has 0 radical (unpaired) electrons. The number of anilines is 2. The topological polar surface area (TPSA) is 70.2 Å². The Morgan fingerprint density at radius 1 is 1.23 bits per heavy atom. The minimum Gasteiger partial charge on any atom is -0.481 e. The largest absolute Gasteiger partial charge is 0.481 e. The second-order valence-corrected chi connectivity index (χ2v) is 6.16. The quantitative estimate of drug-likeness (QED) is 0.614. The summed E-state index contributed by atoms with van der Waals surface area (Å²) in [4.78, 5) is 40.9. The van der Waals surface area contributed by atoms with Gasteiger partial charge in [-0.25, -0.2) is 14.1 Å². The van der Waals surface area contributed by atoms with Gasteiger partial charge in [0.2, 0.25) is 0 Å². The van der Waals surface area contributed by atoms with Crippen molar-refractivity contribution in [2.75, 3.05) is 29.5 Å². The second kappa shape index (κ2) is 5.98. The molecular formula is C18H16FN3O4. The number of benzene rings is 1. The van der Waals surface area contributed by atoms with Crippen molar-refractivity contribution in [3.8, 4) is 5.75 Å². The van der Waals surface area contributed by atoms with Crippen molar-refractivity contribution in [2.24, 2.45) is 0 Å². The summed E-state index contributed by atoms with van der Waals surface area (Å²) in [5.41, 5.74) is 0.382. The molecule has 0 atom stereocenters. The molecule has 1 fully saturated rings. The van der Waals surface area contributed by atoms with Crippen LogP contribution in [0.25, 0.3) is 0 Å². The third-order valence-corrected chi connectivity index (χ3v) is 4.58. The van der Waals surface area contributed by atoms with Crippen LogP contribution < -0.4 is 14.5 Å². The standard InChI is InChI=1S/C18H16FN3O4/c1-2-6-20-14-9-13(11(19)8-15(14)26-10-16(20)23)22-17(24)12-5-3-4-7-21(12)18(22)25/h2,5,8-9H,1,3-4,6-7,10H2. The monoisotopic (exact) mass is 357 g/mol. The average molecular weight is 357 g/mol. The normalized spacial score (nSPS) is 19.2. The number of fused-ring (bicyclic) bond motifs is 2. The first-order chi connectivity index (χ1) is 12.5. The summed E-state index contributed by atoms with van der Waals surface area (Å²) in [6, 6.07) is 1.82. The Hall–Kier alpha value is -3.16. The van der Waals surface area contributed by atoms with E-state index in [0.29, 0.717) is 18.7 Å². The van der Waals surface area contributed by atoms with Gasteiger partial charge in [-0.3, -0.25) is 14.5 Å². The molecule has 8 heteroatoms. The first kappa shape index (κ1) is 16.3. The number of hydrogen-bond donors (Lipinski definition) is 0. The van der Waals surface area contributed by atoms with Crippen molar-refractivity contribution < 1.29 is 23.5 Å². The lowest BCUT2D eigenvalue weighted by Gasteiger charge is -2.29. The number of hydrogen-bond acceptors (Lipinski definition) is 4. The van der Waals surface area contributed by atoms with Crippen LogP contribution in [0.15, 0.2) is 36.6 Å². The summed E-state index contributed by atoms with van der Waals surface area (Å²) in [7, 11) is 0. The molecule has 0 aliphatic carbocycles. The van der Waals surface area contributed by atoms with Crippen molar-refractivity contribution in [1.29, 1.82) is 0 Å². The molecule has 0 bridgehead atoms. The maximum Gasteiger partial charge on any atom is 0.336 e. The Balaban J connectivity index is 1.81. The molecule has 1 saturated heterocycles. The molecule has 0 spiro atoms. The van der Waals surface area contributed by atoms with Crippen LogP contribution in [0.4, 0.5) is 20.6 Å². The van der Waals surface area contributed by atoms with E-state index in [9.17, 15) is 18.8 Å².